The van der Waals surface area contributed by atoms with Gasteiger partial charge in [-0.05, 0) is 36.2 Å². The summed E-state index contributed by atoms with van der Waals surface area (Å²) in [5.74, 6) is 4.93. The van der Waals surface area contributed by atoms with Crippen molar-refractivity contribution < 1.29 is 17.5 Å². The molecule has 0 atom stereocenters. The molecule has 0 spiro atoms. The van der Waals surface area contributed by atoms with Crippen molar-refractivity contribution in [2.45, 2.75) is 18.2 Å². The van der Waals surface area contributed by atoms with Crippen LogP contribution in [0.15, 0.2) is 53.4 Å². The molecule has 0 unspecified atom stereocenters. The molecule has 1 N–H and O–H groups in total. The maximum absolute atomic E-state index is 13.3. The molecule has 2 aromatic rings. The minimum atomic E-state index is -3.58. The van der Waals surface area contributed by atoms with Gasteiger partial charge in [0.1, 0.15) is 6.61 Å². The SMILES string of the molecule is CCc1ccc(S(=O)(=O)NCC#CCOc2ccccc2F)cc1. The Labute approximate surface area is 141 Å². The minimum Gasteiger partial charge on any atom is -0.478 e. The molecular weight excluding hydrogens is 329 g/mol. The number of ether oxygens (including phenoxy) is 1. The molecule has 6 heteroatoms. The highest BCUT2D eigenvalue weighted by Crippen LogP contribution is 2.14. The number of hydrogen-bond acceptors (Lipinski definition) is 3. The topological polar surface area (TPSA) is 55.4 Å². The van der Waals surface area contributed by atoms with Crippen LogP contribution >= 0.6 is 0 Å². The molecule has 0 amide bonds. The molecule has 24 heavy (non-hydrogen) atoms. The first-order valence-corrected chi connectivity index (χ1v) is 8.93. The van der Waals surface area contributed by atoms with Gasteiger partial charge in [-0.1, -0.05) is 43.0 Å². The summed E-state index contributed by atoms with van der Waals surface area (Å²) in [6, 6.07) is 12.7. The molecule has 2 rings (SSSR count). The van der Waals surface area contributed by atoms with Gasteiger partial charge >= 0.3 is 0 Å². The number of halogens is 1. The van der Waals surface area contributed by atoms with E-state index in [0.717, 1.165) is 12.0 Å². The first kappa shape index (κ1) is 18.0. The average Bonchev–Trinajstić information content (AvgIpc) is 2.59. The van der Waals surface area contributed by atoms with Crippen molar-refractivity contribution in [1.29, 1.82) is 0 Å². The predicted molar refractivity (Wildman–Crippen MR) is 90.7 cm³/mol. The van der Waals surface area contributed by atoms with Crippen molar-refractivity contribution in [1.82, 2.24) is 4.72 Å². The van der Waals surface area contributed by atoms with Gasteiger partial charge in [0.2, 0.25) is 10.0 Å². The zero-order valence-electron chi connectivity index (χ0n) is 13.3. The van der Waals surface area contributed by atoms with Crippen molar-refractivity contribution in [2.75, 3.05) is 13.2 Å². The number of benzene rings is 2. The van der Waals surface area contributed by atoms with Crippen molar-refractivity contribution in [3.63, 3.8) is 0 Å². The molecule has 0 aliphatic rings. The zero-order valence-corrected chi connectivity index (χ0v) is 14.1. The first-order chi connectivity index (χ1) is 11.5. The van der Waals surface area contributed by atoms with Crippen molar-refractivity contribution in [3.8, 4) is 17.6 Å². The average molecular weight is 347 g/mol. The van der Waals surface area contributed by atoms with Crippen LogP contribution in [0.1, 0.15) is 12.5 Å². The monoisotopic (exact) mass is 347 g/mol. The molecule has 0 aromatic heterocycles. The van der Waals surface area contributed by atoms with E-state index in [2.05, 4.69) is 16.6 Å². The smallest absolute Gasteiger partial charge is 0.241 e. The van der Waals surface area contributed by atoms with Gasteiger partial charge in [0, 0.05) is 0 Å². The minimum absolute atomic E-state index is 0.0200. The van der Waals surface area contributed by atoms with Crippen LogP contribution in [-0.2, 0) is 16.4 Å². The van der Waals surface area contributed by atoms with Crippen LogP contribution < -0.4 is 9.46 Å². The van der Waals surface area contributed by atoms with E-state index in [4.69, 9.17) is 4.74 Å². The van der Waals surface area contributed by atoms with Gasteiger partial charge in [-0.3, -0.25) is 0 Å². The number of rotatable bonds is 6. The van der Waals surface area contributed by atoms with Crippen molar-refractivity contribution in [2.24, 2.45) is 0 Å². The summed E-state index contributed by atoms with van der Waals surface area (Å²) in [5, 5.41) is 0. The Morgan fingerprint density at radius 3 is 2.46 bits per heavy atom. The molecule has 0 fully saturated rings. The number of nitrogens with one attached hydrogen (secondary N) is 1. The lowest BCUT2D eigenvalue weighted by atomic mass is 10.2. The molecule has 2 aromatic carbocycles. The molecule has 0 heterocycles. The summed E-state index contributed by atoms with van der Waals surface area (Å²) in [6.07, 6.45) is 0.848. The Morgan fingerprint density at radius 1 is 1.08 bits per heavy atom. The van der Waals surface area contributed by atoms with Crippen LogP contribution in [-0.4, -0.2) is 21.6 Å². The lowest BCUT2D eigenvalue weighted by Gasteiger charge is -2.05. The van der Waals surface area contributed by atoms with E-state index in [1.54, 1.807) is 36.4 Å². The highest BCUT2D eigenvalue weighted by molar-refractivity contribution is 7.89. The Balaban J connectivity index is 1.84. The molecule has 0 saturated heterocycles. The van der Waals surface area contributed by atoms with Crippen molar-refractivity contribution >= 4 is 10.0 Å². The summed E-state index contributed by atoms with van der Waals surface area (Å²) in [6.45, 7) is 1.94. The summed E-state index contributed by atoms with van der Waals surface area (Å²) >= 11 is 0. The fourth-order valence-corrected chi connectivity index (χ4v) is 2.83. The molecule has 0 aliphatic carbocycles. The number of sulfonamides is 1. The third kappa shape index (κ3) is 5.08. The fourth-order valence-electron chi connectivity index (χ4n) is 1.91. The Kier molecular flexibility index (Phi) is 6.36. The van der Waals surface area contributed by atoms with Crippen molar-refractivity contribution in [3.05, 3.63) is 59.9 Å². The van der Waals surface area contributed by atoms with Gasteiger partial charge in [0.15, 0.2) is 11.6 Å². The molecule has 0 bridgehead atoms. The number of aryl methyl sites for hydroxylation is 1. The second-order valence-corrected chi connectivity index (χ2v) is 6.66. The molecule has 0 radical (unpaired) electrons. The lowest BCUT2D eigenvalue weighted by molar-refractivity contribution is 0.348. The molecule has 0 aliphatic heterocycles. The van der Waals surface area contributed by atoms with E-state index in [1.807, 2.05) is 6.92 Å². The Morgan fingerprint density at radius 2 is 1.79 bits per heavy atom. The number of hydrogen-bond donors (Lipinski definition) is 1. The van der Waals surface area contributed by atoms with E-state index in [-0.39, 0.29) is 23.8 Å². The summed E-state index contributed by atoms with van der Waals surface area (Å²) < 4.78 is 45.0. The lowest BCUT2D eigenvalue weighted by Crippen LogP contribution is -2.24. The van der Waals surface area contributed by atoms with E-state index in [9.17, 15) is 12.8 Å². The van der Waals surface area contributed by atoms with Crippen LogP contribution in [0.3, 0.4) is 0 Å². The molecule has 0 saturated carbocycles. The summed E-state index contributed by atoms with van der Waals surface area (Å²) in [7, 11) is -3.58. The van der Waals surface area contributed by atoms with E-state index < -0.39 is 15.8 Å². The van der Waals surface area contributed by atoms with Gasteiger partial charge < -0.3 is 4.74 Å². The third-order valence-electron chi connectivity index (χ3n) is 3.25. The third-order valence-corrected chi connectivity index (χ3v) is 4.67. The van der Waals surface area contributed by atoms with Gasteiger partial charge in [-0.25, -0.2) is 12.8 Å². The van der Waals surface area contributed by atoms with E-state index >= 15 is 0 Å². The largest absolute Gasteiger partial charge is 0.478 e. The maximum Gasteiger partial charge on any atom is 0.241 e. The molecular formula is C18H18FNO3S. The van der Waals surface area contributed by atoms with Crippen LogP contribution in [0.25, 0.3) is 0 Å². The Hall–Kier alpha value is -2.36. The number of para-hydroxylation sites is 1. The van der Waals surface area contributed by atoms with E-state index in [1.165, 1.54) is 12.1 Å². The first-order valence-electron chi connectivity index (χ1n) is 7.44. The summed E-state index contributed by atoms with van der Waals surface area (Å²) in [4.78, 5) is 0.198. The highest BCUT2D eigenvalue weighted by atomic mass is 32.2. The molecule has 126 valence electrons. The second kappa shape index (κ2) is 8.48. The second-order valence-electron chi connectivity index (χ2n) is 4.89. The van der Waals surface area contributed by atoms with Gasteiger partial charge in [-0.15, -0.1) is 0 Å². The van der Waals surface area contributed by atoms with Gasteiger partial charge in [0.25, 0.3) is 0 Å². The van der Waals surface area contributed by atoms with Gasteiger partial charge in [-0.2, -0.15) is 4.72 Å². The van der Waals surface area contributed by atoms with Crippen LogP contribution in [0, 0.1) is 17.7 Å². The zero-order chi connectivity index (χ0) is 17.4. The van der Waals surface area contributed by atoms with Crippen LogP contribution in [0.2, 0.25) is 0 Å². The normalized spacial score (nSPS) is 10.8. The van der Waals surface area contributed by atoms with Crippen LogP contribution in [0.5, 0.6) is 5.75 Å². The maximum atomic E-state index is 13.3. The highest BCUT2D eigenvalue weighted by Gasteiger charge is 2.11. The Bertz CT molecular complexity index is 837. The predicted octanol–water partition coefficient (Wildman–Crippen LogP) is 2.75. The van der Waals surface area contributed by atoms with E-state index in [0.29, 0.717) is 0 Å². The fraction of sp³-hybridized carbons (Fsp3) is 0.222. The van der Waals surface area contributed by atoms with Gasteiger partial charge in [0.05, 0.1) is 11.4 Å². The standard InChI is InChI=1S/C18H18FNO3S/c1-2-15-9-11-16(12-10-15)24(21,22)20-13-5-6-14-23-18-8-4-3-7-17(18)19/h3-4,7-12,20H,2,13-14H2,1H3. The summed E-state index contributed by atoms with van der Waals surface area (Å²) in [5.41, 5.74) is 1.07. The molecule has 4 nitrogen and oxygen atoms in total. The van der Waals surface area contributed by atoms with Crippen LogP contribution in [0.4, 0.5) is 4.39 Å². The quantitative estimate of drug-likeness (QED) is 0.818.